The molecule has 1 aromatic carbocycles. The SMILES string of the molecule is CCOc1ccc2nc(Sc3cccnc3CN)[nH]c2c1. The average molecular weight is 300 g/mol. The van der Waals surface area contributed by atoms with E-state index in [4.69, 9.17) is 10.5 Å². The molecule has 0 aliphatic rings. The number of H-pyrrole nitrogens is 1. The van der Waals surface area contributed by atoms with Crippen LogP contribution >= 0.6 is 11.8 Å². The number of hydrogen-bond donors (Lipinski definition) is 2. The lowest BCUT2D eigenvalue weighted by Crippen LogP contribution is -2.00. The minimum absolute atomic E-state index is 0.415. The highest BCUT2D eigenvalue weighted by Crippen LogP contribution is 2.29. The quantitative estimate of drug-likeness (QED) is 0.757. The van der Waals surface area contributed by atoms with Crippen molar-refractivity contribution in [3.63, 3.8) is 0 Å². The summed E-state index contributed by atoms with van der Waals surface area (Å²) in [7, 11) is 0. The van der Waals surface area contributed by atoms with Gasteiger partial charge in [0.05, 0.1) is 23.3 Å². The Morgan fingerprint density at radius 2 is 2.24 bits per heavy atom. The molecule has 0 saturated heterocycles. The van der Waals surface area contributed by atoms with E-state index in [0.29, 0.717) is 13.2 Å². The summed E-state index contributed by atoms with van der Waals surface area (Å²) in [6, 6.07) is 9.74. The van der Waals surface area contributed by atoms with Crippen molar-refractivity contribution in [2.24, 2.45) is 5.73 Å². The predicted molar refractivity (Wildman–Crippen MR) is 83.5 cm³/mol. The van der Waals surface area contributed by atoms with E-state index < -0.39 is 0 Å². The van der Waals surface area contributed by atoms with Crippen LogP contribution in [-0.4, -0.2) is 21.6 Å². The van der Waals surface area contributed by atoms with Crippen molar-refractivity contribution in [3.05, 3.63) is 42.2 Å². The fourth-order valence-corrected chi connectivity index (χ4v) is 2.96. The molecule has 0 spiro atoms. The van der Waals surface area contributed by atoms with Crippen molar-refractivity contribution in [3.8, 4) is 5.75 Å². The number of aromatic amines is 1. The molecule has 0 saturated carbocycles. The highest BCUT2D eigenvalue weighted by atomic mass is 32.2. The number of rotatable bonds is 5. The number of fused-ring (bicyclic) bond motifs is 1. The molecule has 0 bridgehead atoms. The van der Waals surface area contributed by atoms with E-state index in [1.54, 1.807) is 6.20 Å². The van der Waals surface area contributed by atoms with Gasteiger partial charge in [0, 0.05) is 23.7 Å². The van der Waals surface area contributed by atoms with Crippen LogP contribution in [0.15, 0.2) is 46.6 Å². The number of ether oxygens (including phenoxy) is 1. The van der Waals surface area contributed by atoms with Crippen molar-refractivity contribution in [2.45, 2.75) is 23.5 Å². The molecular weight excluding hydrogens is 284 g/mol. The van der Waals surface area contributed by atoms with Crippen LogP contribution in [0.5, 0.6) is 5.75 Å². The molecule has 0 amide bonds. The van der Waals surface area contributed by atoms with E-state index in [-0.39, 0.29) is 0 Å². The first-order valence-corrected chi connectivity index (χ1v) is 7.56. The Hall–Kier alpha value is -2.05. The van der Waals surface area contributed by atoms with Crippen LogP contribution in [0.3, 0.4) is 0 Å². The maximum atomic E-state index is 5.71. The van der Waals surface area contributed by atoms with Crippen molar-refractivity contribution in [2.75, 3.05) is 6.61 Å². The van der Waals surface area contributed by atoms with Crippen LogP contribution in [0, 0.1) is 0 Å². The Morgan fingerprint density at radius 3 is 3.05 bits per heavy atom. The van der Waals surface area contributed by atoms with Gasteiger partial charge in [0.2, 0.25) is 0 Å². The Morgan fingerprint density at radius 1 is 1.33 bits per heavy atom. The van der Waals surface area contributed by atoms with Gasteiger partial charge in [-0.15, -0.1) is 0 Å². The van der Waals surface area contributed by atoms with E-state index in [1.807, 2.05) is 37.3 Å². The summed E-state index contributed by atoms with van der Waals surface area (Å²) >= 11 is 1.53. The minimum atomic E-state index is 0.415. The molecule has 2 heterocycles. The van der Waals surface area contributed by atoms with Crippen LogP contribution in [0.2, 0.25) is 0 Å². The number of aromatic nitrogens is 3. The van der Waals surface area contributed by atoms with Gasteiger partial charge in [-0.2, -0.15) is 0 Å². The first kappa shape index (κ1) is 13.9. The number of nitrogens with one attached hydrogen (secondary N) is 1. The van der Waals surface area contributed by atoms with Crippen molar-refractivity contribution in [1.29, 1.82) is 0 Å². The Labute approximate surface area is 126 Å². The summed E-state index contributed by atoms with van der Waals surface area (Å²) in [5.41, 5.74) is 8.46. The lowest BCUT2D eigenvalue weighted by molar-refractivity contribution is 0.340. The molecule has 3 rings (SSSR count). The molecule has 21 heavy (non-hydrogen) atoms. The fraction of sp³-hybridized carbons (Fsp3) is 0.200. The second kappa shape index (κ2) is 6.15. The third-order valence-corrected chi connectivity index (χ3v) is 3.97. The molecule has 6 heteroatoms. The normalized spacial score (nSPS) is 11.0. The Bertz CT molecular complexity index is 756. The molecule has 5 nitrogen and oxygen atoms in total. The average Bonchev–Trinajstić information content (AvgIpc) is 2.89. The molecule has 0 aliphatic carbocycles. The van der Waals surface area contributed by atoms with Gasteiger partial charge in [-0.25, -0.2) is 4.98 Å². The molecule has 0 atom stereocenters. The van der Waals surface area contributed by atoms with E-state index in [0.717, 1.165) is 32.5 Å². The molecular formula is C15H16N4OS. The maximum Gasteiger partial charge on any atom is 0.171 e. The summed E-state index contributed by atoms with van der Waals surface area (Å²) in [6.07, 6.45) is 1.75. The molecule has 0 fully saturated rings. The molecule has 108 valence electrons. The Balaban J connectivity index is 1.90. The van der Waals surface area contributed by atoms with Crippen molar-refractivity contribution < 1.29 is 4.74 Å². The van der Waals surface area contributed by atoms with Gasteiger partial charge in [0.25, 0.3) is 0 Å². The lowest BCUT2D eigenvalue weighted by atomic mass is 10.3. The van der Waals surface area contributed by atoms with E-state index >= 15 is 0 Å². The monoisotopic (exact) mass is 300 g/mol. The highest BCUT2D eigenvalue weighted by Gasteiger charge is 2.09. The van der Waals surface area contributed by atoms with Crippen molar-refractivity contribution >= 4 is 22.8 Å². The van der Waals surface area contributed by atoms with Crippen LogP contribution in [0.25, 0.3) is 11.0 Å². The number of hydrogen-bond acceptors (Lipinski definition) is 5. The van der Waals surface area contributed by atoms with Gasteiger partial charge in [-0.05, 0) is 43.0 Å². The number of nitrogens with zero attached hydrogens (tertiary/aromatic N) is 2. The van der Waals surface area contributed by atoms with Gasteiger partial charge in [0.15, 0.2) is 5.16 Å². The summed E-state index contributed by atoms with van der Waals surface area (Å²) < 4.78 is 5.50. The third-order valence-electron chi connectivity index (χ3n) is 2.99. The molecule has 0 unspecified atom stereocenters. The number of pyridine rings is 1. The molecule has 3 aromatic rings. The standard InChI is InChI=1S/C15H16N4OS/c1-2-20-10-5-6-11-12(8-10)19-15(18-11)21-14-4-3-7-17-13(14)9-16/h3-8H,2,9,16H2,1H3,(H,18,19). The van der Waals surface area contributed by atoms with Gasteiger partial charge in [0.1, 0.15) is 5.75 Å². The summed E-state index contributed by atoms with van der Waals surface area (Å²) in [4.78, 5) is 13.2. The largest absolute Gasteiger partial charge is 0.494 e. The maximum absolute atomic E-state index is 5.71. The Kier molecular flexibility index (Phi) is 4.08. The highest BCUT2D eigenvalue weighted by molar-refractivity contribution is 7.99. The number of nitrogens with two attached hydrogens (primary N) is 1. The zero-order valence-electron chi connectivity index (χ0n) is 11.7. The summed E-state index contributed by atoms with van der Waals surface area (Å²) in [5.74, 6) is 0.842. The van der Waals surface area contributed by atoms with Crippen LogP contribution < -0.4 is 10.5 Å². The number of imidazole rings is 1. The van der Waals surface area contributed by atoms with Crippen LogP contribution in [-0.2, 0) is 6.54 Å². The summed E-state index contributed by atoms with van der Waals surface area (Å²) in [5, 5.41) is 0.821. The van der Waals surface area contributed by atoms with E-state index in [9.17, 15) is 0 Å². The molecule has 0 aliphatic heterocycles. The topological polar surface area (TPSA) is 76.8 Å². The van der Waals surface area contributed by atoms with Gasteiger partial charge in [-0.1, -0.05) is 0 Å². The van der Waals surface area contributed by atoms with Gasteiger partial charge in [-0.3, -0.25) is 4.98 Å². The van der Waals surface area contributed by atoms with Crippen LogP contribution in [0.1, 0.15) is 12.6 Å². The predicted octanol–water partition coefficient (Wildman–Crippen LogP) is 2.97. The van der Waals surface area contributed by atoms with Gasteiger partial charge >= 0.3 is 0 Å². The van der Waals surface area contributed by atoms with Crippen LogP contribution in [0.4, 0.5) is 0 Å². The summed E-state index contributed by atoms with van der Waals surface area (Å²) in [6.45, 7) is 3.03. The van der Waals surface area contributed by atoms with Gasteiger partial charge < -0.3 is 15.5 Å². The third kappa shape index (κ3) is 3.01. The first-order valence-electron chi connectivity index (χ1n) is 6.74. The molecule has 2 aromatic heterocycles. The minimum Gasteiger partial charge on any atom is -0.494 e. The smallest absolute Gasteiger partial charge is 0.171 e. The number of benzene rings is 1. The lowest BCUT2D eigenvalue weighted by Gasteiger charge is -2.03. The molecule has 3 N–H and O–H groups in total. The zero-order valence-corrected chi connectivity index (χ0v) is 12.5. The van der Waals surface area contributed by atoms with E-state index in [1.165, 1.54) is 11.8 Å². The zero-order chi connectivity index (χ0) is 14.7. The second-order valence-electron chi connectivity index (χ2n) is 4.41. The van der Waals surface area contributed by atoms with Crippen molar-refractivity contribution in [1.82, 2.24) is 15.0 Å². The molecule has 0 radical (unpaired) electrons. The van der Waals surface area contributed by atoms with E-state index in [2.05, 4.69) is 15.0 Å². The first-order chi connectivity index (χ1) is 10.3. The fourth-order valence-electron chi connectivity index (χ4n) is 2.04. The second-order valence-corrected chi connectivity index (χ2v) is 5.44.